The van der Waals surface area contributed by atoms with Gasteiger partial charge in [0.25, 0.3) is 0 Å². The quantitative estimate of drug-likeness (QED) is 0.767. The average Bonchev–Trinajstić information content (AvgIpc) is 3.03. The summed E-state index contributed by atoms with van der Waals surface area (Å²) in [5.41, 5.74) is 4.30. The van der Waals surface area contributed by atoms with Gasteiger partial charge in [-0.3, -0.25) is 0 Å². The summed E-state index contributed by atoms with van der Waals surface area (Å²) in [4.78, 5) is 27.6. The summed E-state index contributed by atoms with van der Waals surface area (Å²) in [5, 5.41) is 5.75. The molecule has 2 N–H and O–H groups in total. The number of amides is 2. The number of fused-ring (bicyclic) bond motifs is 1. The van der Waals surface area contributed by atoms with E-state index in [1.54, 1.807) is 6.92 Å². The number of ether oxygens (including phenoxy) is 1. The third-order valence-corrected chi connectivity index (χ3v) is 5.46. The van der Waals surface area contributed by atoms with Crippen LogP contribution in [0.2, 0.25) is 0 Å². The molecule has 0 unspecified atom stereocenters. The summed E-state index contributed by atoms with van der Waals surface area (Å²) in [6.07, 6.45) is 0.937. The van der Waals surface area contributed by atoms with E-state index >= 15 is 0 Å². The first-order chi connectivity index (χ1) is 14.1. The fourth-order valence-corrected chi connectivity index (χ4v) is 4.13. The highest BCUT2D eigenvalue weighted by atomic mass is 16.5. The highest BCUT2D eigenvalue weighted by molar-refractivity contribution is 5.95. The molecule has 0 aromatic heterocycles. The van der Waals surface area contributed by atoms with Crippen molar-refractivity contribution in [2.45, 2.75) is 32.4 Å². The largest absolute Gasteiger partial charge is 0.463 e. The smallest absolute Gasteiger partial charge is 0.338 e. The van der Waals surface area contributed by atoms with Crippen molar-refractivity contribution in [2.24, 2.45) is 0 Å². The number of rotatable bonds is 5. The zero-order valence-corrected chi connectivity index (χ0v) is 16.6. The average molecular weight is 391 g/mol. The second-order valence-electron chi connectivity index (χ2n) is 7.36. The van der Waals surface area contributed by atoms with Crippen molar-refractivity contribution < 1.29 is 14.3 Å². The van der Waals surface area contributed by atoms with E-state index in [1.807, 2.05) is 42.5 Å². The Bertz CT molecular complexity index is 955. The number of hydrogen-bond acceptors (Lipinski definition) is 4. The van der Waals surface area contributed by atoms with Gasteiger partial charge in [0.15, 0.2) is 0 Å². The van der Waals surface area contributed by atoms with Crippen LogP contribution in [0.1, 0.15) is 31.0 Å². The van der Waals surface area contributed by atoms with Gasteiger partial charge >= 0.3 is 12.0 Å². The number of para-hydroxylation sites is 1. The first kappa shape index (κ1) is 19.1. The third-order valence-electron chi connectivity index (χ3n) is 5.46. The molecule has 2 aliphatic heterocycles. The van der Waals surface area contributed by atoms with Gasteiger partial charge in [0.2, 0.25) is 0 Å². The Balaban J connectivity index is 1.76. The summed E-state index contributed by atoms with van der Waals surface area (Å²) in [6.45, 7) is 4.64. The molecule has 0 spiro atoms. The van der Waals surface area contributed by atoms with Crippen LogP contribution in [-0.2, 0) is 16.0 Å². The van der Waals surface area contributed by atoms with Crippen molar-refractivity contribution >= 4 is 17.7 Å². The maximum absolute atomic E-state index is 12.9. The number of esters is 1. The van der Waals surface area contributed by atoms with Crippen LogP contribution in [0, 0.1) is 0 Å². The summed E-state index contributed by atoms with van der Waals surface area (Å²) in [5.74, 6) is -0.413. The molecule has 150 valence electrons. The van der Waals surface area contributed by atoms with E-state index in [2.05, 4.69) is 34.6 Å². The Hall–Kier alpha value is -3.28. The van der Waals surface area contributed by atoms with Crippen LogP contribution >= 0.6 is 0 Å². The molecule has 2 heterocycles. The van der Waals surface area contributed by atoms with Crippen LogP contribution in [0.5, 0.6) is 0 Å². The van der Waals surface area contributed by atoms with Crippen LogP contribution < -0.4 is 15.5 Å². The van der Waals surface area contributed by atoms with Gasteiger partial charge in [-0.15, -0.1) is 0 Å². The van der Waals surface area contributed by atoms with E-state index < -0.39 is 12.0 Å². The van der Waals surface area contributed by atoms with Gasteiger partial charge < -0.3 is 20.3 Å². The van der Waals surface area contributed by atoms with Crippen LogP contribution in [0.25, 0.3) is 0 Å². The third kappa shape index (κ3) is 3.70. The number of carbonyl (C=O) groups is 2. The van der Waals surface area contributed by atoms with E-state index in [0.717, 1.165) is 17.7 Å². The van der Waals surface area contributed by atoms with Crippen LogP contribution in [-0.4, -0.2) is 31.2 Å². The van der Waals surface area contributed by atoms with Crippen molar-refractivity contribution in [2.75, 3.05) is 18.1 Å². The summed E-state index contributed by atoms with van der Waals surface area (Å²) in [6, 6.07) is 17.2. The highest BCUT2D eigenvalue weighted by Crippen LogP contribution is 2.34. The number of anilines is 1. The van der Waals surface area contributed by atoms with Gasteiger partial charge in [0, 0.05) is 11.7 Å². The SMILES string of the molecule is CCOC(=O)C1=C(CN2c3ccccc3C[C@H]2C)NC(=O)N[C@@H]1c1ccccc1. The van der Waals surface area contributed by atoms with Crippen molar-refractivity contribution in [1.29, 1.82) is 0 Å². The monoisotopic (exact) mass is 391 g/mol. The molecule has 0 saturated heterocycles. The number of benzene rings is 2. The molecule has 0 fully saturated rings. The molecule has 4 rings (SSSR count). The molecular formula is C23H25N3O3. The maximum Gasteiger partial charge on any atom is 0.338 e. The molecule has 29 heavy (non-hydrogen) atoms. The highest BCUT2D eigenvalue weighted by Gasteiger charge is 2.36. The lowest BCUT2D eigenvalue weighted by molar-refractivity contribution is -0.139. The molecule has 6 heteroatoms. The van der Waals surface area contributed by atoms with Crippen LogP contribution in [0.15, 0.2) is 65.9 Å². The standard InChI is InChI=1S/C23H25N3O3/c1-3-29-22(27)20-18(14-26-15(2)13-17-11-7-8-12-19(17)26)24-23(28)25-21(20)16-9-5-4-6-10-16/h4-12,15,21H,3,13-14H2,1-2H3,(H2,24,25,28)/t15-,21-/m1/s1. The first-order valence-electron chi connectivity index (χ1n) is 9.95. The van der Waals surface area contributed by atoms with E-state index in [9.17, 15) is 9.59 Å². The fraction of sp³-hybridized carbons (Fsp3) is 0.304. The molecule has 0 bridgehead atoms. The molecule has 2 aromatic rings. The van der Waals surface area contributed by atoms with Crippen molar-refractivity contribution in [3.05, 3.63) is 77.0 Å². The molecule has 2 amide bonds. The Kier molecular flexibility index (Phi) is 5.25. The van der Waals surface area contributed by atoms with Crippen LogP contribution in [0.4, 0.5) is 10.5 Å². The van der Waals surface area contributed by atoms with Gasteiger partial charge in [-0.2, -0.15) is 0 Å². The number of urea groups is 1. The van der Waals surface area contributed by atoms with Crippen molar-refractivity contribution in [3.8, 4) is 0 Å². The second kappa shape index (κ2) is 7.99. The Morgan fingerprint density at radius 3 is 2.62 bits per heavy atom. The number of hydrogen-bond donors (Lipinski definition) is 2. The van der Waals surface area contributed by atoms with E-state index in [1.165, 1.54) is 5.56 Å². The topological polar surface area (TPSA) is 70.7 Å². The maximum atomic E-state index is 12.9. The Morgan fingerprint density at radius 1 is 1.14 bits per heavy atom. The lowest BCUT2D eigenvalue weighted by atomic mass is 9.95. The van der Waals surface area contributed by atoms with E-state index in [-0.39, 0.29) is 18.7 Å². The number of nitrogens with one attached hydrogen (secondary N) is 2. The minimum atomic E-state index is -0.549. The Labute approximate surface area is 170 Å². The predicted molar refractivity (Wildman–Crippen MR) is 111 cm³/mol. The second-order valence-corrected chi connectivity index (χ2v) is 7.36. The van der Waals surface area contributed by atoms with Gasteiger partial charge in [-0.1, -0.05) is 48.5 Å². The van der Waals surface area contributed by atoms with Crippen molar-refractivity contribution in [3.63, 3.8) is 0 Å². The molecule has 0 radical (unpaired) electrons. The van der Waals surface area contributed by atoms with Gasteiger partial charge in [-0.05, 0) is 37.5 Å². The molecule has 0 saturated carbocycles. The number of nitrogens with zero attached hydrogens (tertiary/aromatic N) is 1. The minimum Gasteiger partial charge on any atom is -0.463 e. The lowest BCUT2D eigenvalue weighted by Gasteiger charge is -2.33. The number of carbonyl (C=O) groups excluding carboxylic acids is 2. The fourth-order valence-electron chi connectivity index (χ4n) is 4.13. The van der Waals surface area contributed by atoms with Crippen molar-refractivity contribution in [1.82, 2.24) is 10.6 Å². The van der Waals surface area contributed by atoms with E-state index in [0.29, 0.717) is 17.8 Å². The Morgan fingerprint density at radius 2 is 1.86 bits per heavy atom. The molecule has 2 aromatic carbocycles. The van der Waals surface area contributed by atoms with Gasteiger partial charge in [0.05, 0.1) is 30.5 Å². The normalized spacial score (nSPS) is 20.8. The zero-order valence-electron chi connectivity index (χ0n) is 16.6. The minimum absolute atomic E-state index is 0.269. The summed E-state index contributed by atoms with van der Waals surface area (Å²) < 4.78 is 5.35. The van der Waals surface area contributed by atoms with Gasteiger partial charge in [0.1, 0.15) is 0 Å². The predicted octanol–water partition coefficient (Wildman–Crippen LogP) is 3.31. The molecule has 6 nitrogen and oxygen atoms in total. The molecule has 2 aliphatic rings. The molecule has 2 atom stereocenters. The zero-order chi connectivity index (χ0) is 20.4. The van der Waals surface area contributed by atoms with Crippen LogP contribution in [0.3, 0.4) is 0 Å². The molecule has 0 aliphatic carbocycles. The lowest BCUT2D eigenvalue weighted by Crippen LogP contribution is -2.49. The first-order valence-corrected chi connectivity index (χ1v) is 9.95. The molecular weight excluding hydrogens is 366 g/mol. The van der Waals surface area contributed by atoms with Gasteiger partial charge in [-0.25, -0.2) is 9.59 Å². The summed E-state index contributed by atoms with van der Waals surface area (Å²) in [7, 11) is 0. The summed E-state index contributed by atoms with van der Waals surface area (Å²) >= 11 is 0. The van der Waals surface area contributed by atoms with E-state index in [4.69, 9.17) is 4.74 Å².